The Balaban J connectivity index is 1.94. The highest BCUT2D eigenvalue weighted by Crippen LogP contribution is 2.46. The van der Waals surface area contributed by atoms with Crippen molar-refractivity contribution >= 4 is 11.8 Å². The largest absolute Gasteiger partial charge is 0.478 e. The number of aromatic nitrogens is 1. The van der Waals surface area contributed by atoms with Gasteiger partial charge in [-0.05, 0) is 42.7 Å². The molecule has 2 aliphatic carbocycles. The number of rotatable bonds is 3. The summed E-state index contributed by atoms with van der Waals surface area (Å²) in [5.41, 5.74) is 2.75. The number of pyridine rings is 1. The Morgan fingerprint density at radius 1 is 1.50 bits per heavy atom. The van der Waals surface area contributed by atoms with Crippen LogP contribution in [0, 0.1) is 5.41 Å². The van der Waals surface area contributed by atoms with E-state index in [0.717, 1.165) is 36.9 Å². The summed E-state index contributed by atoms with van der Waals surface area (Å²) in [6, 6.07) is 2.15. The van der Waals surface area contributed by atoms with Gasteiger partial charge in [-0.1, -0.05) is 13.8 Å². The second-order valence-corrected chi connectivity index (χ2v) is 6.04. The van der Waals surface area contributed by atoms with Gasteiger partial charge in [0.05, 0.1) is 0 Å². The minimum Gasteiger partial charge on any atom is -0.478 e. The van der Waals surface area contributed by atoms with Crippen LogP contribution < -0.4 is 5.32 Å². The SMILES string of the molecule is CC1(C)CC1Nc1nc2c(cc1C(=O)O)CCC2. The number of nitrogens with zero attached hydrogens (tertiary/aromatic N) is 1. The molecule has 1 saturated carbocycles. The number of carbonyl (C=O) groups is 1. The first-order chi connectivity index (χ1) is 8.47. The molecule has 18 heavy (non-hydrogen) atoms. The van der Waals surface area contributed by atoms with Crippen LogP contribution in [0.3, 0.4) is 0 Å². The molecule has 1 aromatic rings. The maximum Gasteiger partial charge on any atom is 0.339 e. The Morgan fingerprint density at radius 2 is 2.22 bits per heavy atom. The van der Waals surface area contributed by atoms with E-state index < -0.39 is 5.97 Å². The molecular formula is C14H18N2O2. The first-order valence-corrected chi connectivity index (χ1v) is 6.50. The van der Waals surface area contributed by atoms with E-state index in [-0.39, 0.29) is 5.41 Å². The molecule has 0 aliphatic heterocycles. The monoisotopic (exact) mass is 246 g/mol. The van der Waals surface area contributed by atoms with Gasteiger partial charge in [-0.3, -0.25) is 0 Å². The lowest BCUT2D eigenvalue weighted by molar-refractivity contribution is 0.0697. The number of nitrogens with one attached hydrogen (secondary N) is 1. The standard InChI is InChI=1S/C14H18N2O2/c1-14(2)7-11(14)16-12-9(13(17)18)6-8-4-3-5-10(8)15-12/h6,11H,3-5,7H2,1-2H3,(H,15,16)(H,17,18). The van der Waals surface area contributed by atoms with Gasteiger partial charge < -0.3 is 10.4 Å². The average Bonchev–Trinajstić information content (AvgIpc) is 2.73. The van der Waals surface area contributed by atoms with Crippen LogP contribution in [0.15, 0.2) is 6.07 Å². The number of aryl methyl sites for hydroxylation is 2. The van der Waals surface area contributed by atoms with E-state index in [0.29, 0.717) is 17.4 Å². The molecule has 0 bridgehead atoms. The van der Waals surface area contributed by atoms with Crippen LogP contribution in [0.1, 0.15) is 48.3 Å². The van der Waals surface area contributed by atoms with E-state index >= 15 is 0 Å². The summed E-state index contributed by atoms with van der Waals surface area (Å²) in [7, 11) is 0. The second-order valence-electron chi connectivity index (χ2n) is 6.04. The number of carboxylic acid groups (broad SMARTS) is 1. The van der Waals surface area contributed by atoms with Crippen molar-refractivity contribution in [2.45, 2.75) is 45.6 Å². The van der Waals surface area contributed by atoms with E-state index in [9.17, 15) is 9.90 Å². The third kappa shape index (κ3) is 1.85. The summed E-state index contributed by atoms with van der Waals surface area (Å²) in [6.45, 7) is 4.36. The van der Waals surface area contributed by atoms with Crippen LogP contribution in [-0.2, 0) is 12.8 Å². The summed E-state index contributed by atoms with van der Waals surface area (Å²) in [5.74, 6) is -0.336. The van der Waals surface area contributed by atoms with E-state index in [1.807, 2.05) is 0 Å². The predicted molar refractivity (Wildman–Crippen MR) is 69.0 cm³/mol. The molecule has 1 atom stereocenters. The molecule has 96 valence electrons. The van der Waals surface area contributed by atoms with Gasteiger partial charge in [0.1, 0.15) is 11.4 Å². The third-order valence-electron chi connectivity index (χ3n) is 4.11. The first kappa shape index (κ1) is 11.5. The van der Waals surface area contributed by atoms with Crippen LogP contribution in [-0.4, -0.2) is 22.1 Å². The zero-order valence-electron chi connectivity index (χ0n) is 10.8. The summed E-state index contributed by atoms with van der Waals surface area (Å²) >= 11 is 0. The Morgan fingerprint density at radius 3 is 2.83 bits per heavy atom. The minimum atomic E-state index is -0.891. The maximum atomic E-state index is 11.3. The Hall–Kier alpha value is -1.58. The number of aromatic carboxylic acids is 1. The van der Waals surface area contributed by atoms with E-state index in [4.69, 9.17) is 0 Å². The molecule has 3 rings (SSSR count). The first-order valence-electron chi connectivity index (χ1n) is 6.50. The Kier molecular flexibility index (Phi) is 2.37. The topological polar surface area (TPSA) is 62.2 Å². The molecule has 1 aromatic heterocycles. The molecule has 1 unspecified atom stereocenters. The molecule has 1 heterocycles. The summed E-state index contributed by atoms with van der Waals surface area (Å²) in [6.07, 6.45) is 4.08. The molecule has 0 saturated heterocycles. The van der Waals surface area contributed by atoms with E-state index in [1.54, 1.807) is 6.07 Å². The molecule has 4 heteroatoms. The molecule has 1 fully saturated rings. The minimum absolute atomic E-state index is 0.260. The van der Waals surface area contributed by atoms with Gasteiger partial charge in [-0.15, -0.1) is 0 Å². The van der Waals surface area contributed by atoms with Crippen LogP contribution >= 0.6 is 0 Å². The van der Waals surface area contributed by atoms with Crippen molar-refractivity contribution in [3.05, 3.63) is 22.9 Å². The van der Waals surface area contributed by atoms with Crippen LogP contribution in [0.5, 0.6) is 0 Å². The fraction of sp³-hybridized carbons (Fsp3) is 0.571. The number of carboxylic acids is 1. The van der Waals surface area contributed by atoms with Crippen molar-refractivity contribution in [3.8, 4) is 0 Å². The summed E-state index contributed by atoms with van der Waals surface area (Å²) in [4.78, 5) is 15.8. The van der Waals surface area contributed by atoms with Gasteiger partial charge in [0.2, 0.25) is 0 Å². The normalized spacial score (nSPS) is 23.6. The second kappa shape index (κ2) is 3.70. The number of anilines is 1. The summed E-state index contributed by atoms with van der Waals surface area (Å²) < 4.78 is 0. The zero-order valence-corrected chi connectivity index (χ0v) is 10.8. The van der Waals surface area contributed by atoms with Crippen molar-refractivity contribution < 1.29 is 9.90 Å². The Bertz CT molecular complexity index is 523. The van der Waals surface area contributed by atoms with Gasteiger partial charge in [-0.2, -0.15) is 0 Å². The number of hydrogen-bond donors (Lipinski definition) is 2. The van der Waals surface area contributed by atoms with Gasteiger partial charge in [0.25, 0.3) is 0 Å². The van der Waals surface area contributed by atoms with E-state index in [1.165, 1.54) is 0 Å². The molecule has 4 nitrogen and oxygen atoms in total. The summed E-state index contributed by atoms with van der Waals surface area (Å²) in [5, 5.41) is 12.6. The molecule has 0 amide bonds. The Labute approximate surface area is 106 Å². The zero-order chi connectivity index (χ0) is 12.9. The predicted octanol–water partition coefficient (Wildman–Crippen LogP) is 2.48. The lowest BCUT2D eigenvalue weighted by atomic mass is 10.1. The van der Waals surface area contributed by atoms with Crippen LogP contribution in [0.4, 0.5) is 5.82 Å². The van der Waals surface area contributed by atoms with Crippen molar-refractivity contribution in [3.63, 3.8) is 0 Å². The number of hydrogen-bond acceptors (Lipinski definition) is 3. The average molecular weight is 246 g/mol. The van der Waals surface area contributed by atoms with Gasteiger partial charge in [0, 0.05) is 11.7 Å². The highest BCUT2D eigenvalue weighted by Gasteiger charge is 2.46. The maximum absolute atomic E-state index is 11.3. The smallest absolute Gasteiger partial charge is 0.339 e. The van der Waals surface area contributed by atoms with Crippen molar-refractivity contribution in [1.29, 1.82) is 0 Å². The fourth-order valence-electron chi connectivity index (χ4n) is 2.62. The lowest BCUT2D eigenvalue weighted by Crippen LogP contribution is -2.15. The van der Waals surface area contributed by atoms with Crippen molar-refractivity contribution in [2.24, 2.45) is 5.41 Å². The lowest BCUT2D eigenvalue weighted by Gasteiger charge is -2.12. The highest BCUT2D eigenvalue weighted by atomic mass is 16.4. The van der Waals surface area contributed by atoms with Crippen molar-refractivity contribution in [2.75, 3.05) is 5.32 Å². The number of fused-ring (bicyclic) bond motifs is 1. The molecule has 0 radical (unpaired) electrons. The molecule has 2 aliphatic rings. The quantitative estimate of drug-likeness (QED) is 0.860. The van der Waals surface area contributed by atoms with Gasteiger partial charge in [-0.25, -0.2) is 9.78 Å². The van der Waals surface area contributed by atoms with Crippen LogP contribution in [0.2, 0.25) is 0 Å². The molecule has 0 spiro atoms. The molecule has 0 aromatic carbocycles. The molecule has 2 N–H and O–H groups in total. The van der Waals surface area contributed by atoms with Crippen LogP contribution in [0.25, 0.3) is 0 Å². The van der Waals surface area contributed by atoms with E-state index in [2.05, 4.69) is 24.1 Å². The molecular weight excluding hydrogens is 228 g/mol. The van der Waals surface area contributed by atoms with Gasteiger partial charge in [0.15, 0.2) is 0 Å². The van der Waals surface area contributed by atoms with Gasteiger partial charge >= 0.3 is 5.97 Å². The highest BCUT2D eigenvalue weighted by molar-refractivity contribution is 5.93. The van der Waals surface area contributed by atoms with Crippen molar-refractivity contribution in [1.82, 2.24) is 4.98 Å². The third-order valence-corrected chi connectivity index (χ3v) is 4.11. The fourth-order valence-corrected chi connectivity index (χ4v) is 2.62.